The highest BCUT2D eigenvalue weighted by molar-refractivity contribution is 6.01. The molecule has 2 heterocycles. The Balaban J connectivity index is 1.36. The lowest BCUT2D eigenvalue weighted by molar-refractivity contribution is -0.142. The van der Waals surface area contributed by atoms with Crippen LogP contribution in [0.25, 0.3) is 11.1 Å². The molecule has 4 rings (SSSR count). The van der Waals surface area contributed by atoms with Crippen molar-refractivity contribution >= 4 is 40.6 Å². The van der Waals surface area contributed by atoms with Gasteiger partial charge in [-0.3, -0.25) is 19.2 Å². The van der Waals surface area contributed by atoms with Crippen molar-refractivity contribution in [3.63, 3.8) is 0 Å². The first-order valence-corrected chi connectivity index (χ1v) is 14.8. The first kappa shape index (κ1) is 33.0. The number of para-hydroxylation sites is 2. The van der Waals surface area contributed by atoms with Gasteiger partial charge in [0.15, 0.2) is 18.8 Å². The molecule has 3 atom stereocenters. The minimum absolute atomic E-state index is 0.0955. The summed E-state index contributed by atoms with van der Waals surface area (Å²) in [5.41, 5.74) is 1.00. The second-order valence-corrected chi connectivity index (χ2v) is 11.5. The first-order valence-electron chi connectivity index (χ1n) is 14.8. The molecule has 1 aromatic heterocycles. The number of Topliss-reactive ketones (excluding diaryl/α,β-unsaturated/α-hetero) is 1. The number of carboxylic acids is 1. The van der Waals surface area contributed by atoms with Gasteiger partial charge in [-0.1, -0.05) is 39.8 Å². The second kappa shape index (κ2) is 14.7. The third-order valence-electron chi connectivity index (χ3n) is 7.40. The lowest BCUT2D eigenvalue weighted by Gasteiger charge is -2.31. The van der Waals surface area contributed by atoms with Gasteiger partial charge in [0.2, 0.25) is 17.6 Å². The highest BCUT2D eigenvalue weighted by Gasteiger charge is 2.40. The van der Waals surface area contributed by atoms with Crippen molar-refractivity contribution in [2.75, 3.05) is 19.8 Å². The largest absolute Gasteiger partial charge is 0.484 e. The van der Waals surface area contributed by atoms with Gasteiger partial charge in [0.25, 0.3) is 11.8 Å². The van der Waals surface area contributed by atoms with Crippen LogP contribution in [-0.2, 0) is 19.2 Å². The standard InChI is InChI=1S/C32H38N4O9/c1-18(2)27(29(40)31-33-22-8-5-6-10-24(22)45-31)35-30(41)23-9-7-15-36(23)32(42)28(19(3)4)34-25(37)16-43-20-11-13-21(14-12-20)44-17-26(38)39/h5-6,8,10-14,18-19,23,27-28H,7,9,15-17H2,1-4H3,(H,34,37)(H,35,41)(H,38,39)/t23-,27-,28+/m0/s1. The van der Waals surface area contributed by atoms with E-state index in [0.717, 1.165) is 0 Å². The van der Waals surface area contributed by atoms with Crippen LogP contribution in [0.5, 0.6) is 11.5 Å². The number of carbonyl (C=O) groups is 5. The van der Waals surface area contributed by atoms with E-state index in [1.54, 1.807) is 52.0 Å². The molecule has 0 unspecified atom stereocenters. The smallest absolute Gasteiger partial charge is 0.341 e. The molecular formula is C32H38N4O9. The fourth-order valence-corrected chi connectivity index (χ4v) is 5.03. The Morgan fingerprint density at radius 1 is 0.911 bits per heavy atom. The number of amides is 3. The average molecular weight is 623 g/mol. The minimum atomic E-state index is -1.10. The number of oxazole rings is 1. The average Bonchev–Trinajstić information content (AvgIpc) is 3.68. The molecule has 3 N–H and O–H groups in total. The molecule has 240 valence electrons. The Labute approximate surface area is 260 Å². The minimum Gasteiger partial charge on any atom is -0.484 e. The second-order valence-electron chi connectivity index (χ2n) is 11.5. The SMILES string of the molecule is CC(C)[C@H](NC(=O)[C@@H]1CCCN1C(=O)[C@H](NC(=O)COc1ccc(OCC(=O)O)cc1)C(C)C)C(=O)c1nc2ccccc2o1. The van der Waals surface area contributed by atoms with E-state index in [-0.39, 0.29) is 24.3 Å². The van der Waals surface area contributed by atoms with Crippen molar-refractivity contribution in [3.05, 3.63) is 54.4 Å². The van der Waals surface area contributed by atoms with Gasteiger partial charge in [-0.15, -0.1) is 0 Å². The lowest BCUT2D eigenvalue weighted by Crippen LogP contribution is -2.57. The lowest BCUT2D eigenvalue weighted by atomic mass is 9.98. The number of carboxylic acid groups (broad SMARTS) is 1. The molecule has 0 saturated carbocycles. The van der Waals surface area contributed by atoms with Crippen molar-refractivity contribution in [1.29, 1.82) is 0 Å². The maximum Gasteiger partial charge on any atom is 0.341 e. The quantitative estimate of drug-likeness (QED) is 0.227. The summed E-state index contributed by atoms with van der Waals surface area (Å²) in [4.78, 5) is 69.7. The molecule has 3 aromatic rings. The van der Waals surface area contributed by atoms with Crippen LogP contribution >= 0.6 is 0 Å². The van der Waals surface area contributed by atoms with Gasteiger partial charge in [-0.2, -0.15) is 0 Å². The zero-order valence-corrected chi connectivity index (χ0v) is 25.6. The predicted octanol–water partition coefficient (Wildman–Crippen LogP) is 2.83. The summed E-state index contributed by atoms with van der Waals surface area (Å²) in [5, 5.41) is 14.3. The predicted molar refractivity (Wildman–Crippen MR) is 162 cm³/mol. The monoisotopic (exact) mass is 622 g/mol. The van der Waals surface area contributed by atoms with Crippen LogP contribution < -0.4 is 20.1 Å². The Morgan fingerprint density at radius 2 is 1.53 bits per heavy atom. The zero-order chi connectivity index (χ0) is 32.7. The Kier molecular flexibility index (Phi) is 10.8. The fourth-order valence-electron chi connectivity index (χ4n) is 5.03. The number of rotatable bonds is 14. The number of likely N-dealkylation sites (tertiary alicyclic amines) is 1. The van der Waals surface area contributed by atoms with Gasteiger partial charge in [-0.05, 0) is 61.1 Å². The molecule has 13 heteroatoms. The van der Waals surface area contributed by atoms with Crippen molar-refractivity contribution < 1.29 is 43.0 Å². The molecule has 0 aliphatic carbocycles. The molecule has 3 amide bonds. The summed E-state index contributed by atoms with van der Waals surface area (Å²) in [6.07, 6.45) is 0.997. The first-order chi connectivity index (χ1) is 21.4. The number of benzene rings is 2. The number of nitrogens with one attached hydrogen (secondary N) is 2. The van der Waals surface area contributed by atoms with E-state index >= 15 is 0 Å². The number of aromatic nitrogens is 1. The third-order valence-corrected chi connectivity index (χ3v) is 7.40. The van der Waals surface area contributed by atoms with Gasteiger partial charge >= 0.3 is 5.97 Å². The van der Waals surface area contributed by atoms with Crippen molar-refractivity contribution in [2.24, 2.45) is 11.8 Å². The van der Waals surface area contributed by atoms with Crippen molar-refractivity contribution in [1.82, 2.24) is 20.5 Å². The number of hydrogen-bond acceptors (Lipinski definition) is 9. The van der Waals surface area contributed by atoms with Crippen LogP contribution in [0.2, 0.25) is 0 Å². The van der Waals surface area contributed by atoms with E-state index < -0.39 is 54.2 Å². The van der Waals surface area contributed by atoms with E-state index in [0.29, 0.717) is 42.0 Å². The number of hydrogen-bond donors (Lipinski definition) is 3. The van der Waals surface area contributed by atoms with Gasteiger partial charge in [0, 0.05) is 6.54 Å². The number of carbonyl (C=O) groups excluding carboxylic acids is 4. The van der Waals surface area contributed by atoms with Crippen molar-refractivity contribution in [2.45, 2.75) is 58.7 Å². The molecule has 1 saturated heterocycles. The Hall–Kier alpha value is -4.94. The summed E-state index contributed by atoms with van der Waals surface area (Å²) < 4.78 is 16.2. The Bertz CT molecular complexity index is 1500. The van der Waals surface area contributed by atoms with E-state index in [1.165, 1.54) is 29.2 Å². The molecule has 13 nitrogen and oxygen atoms in total. The van der Waals surface area contributed by atoms with Crippen LogP contribution in [0.15, 0.2) is 52.9 Å². The van der Waals surface area contributed by atoms with E-state index in [1.807, 2.05) is 0 Å². The third kappa shape index (κ3) is 8.37. The van der Waals surface area contributed by atoms with Crippen LogP contribution in [0, 0.1) is 11.8 Å². The van der Waals surface area contributed by atoms with Crippen LogP contribution in [0.3, 0.4) is 0 Å². The molecule has 0 bridgehead atoms. The molecular weight excluding hydrogens is 584 g/mol. The molecule has 1 aliphatic rings. The van der Waals surface area contributed by atoms with Crippen molar-refractivity contribution in [3.8, 4) is 11.5 Å². The number of ether oxygens (including phenoxy) is 2. The highest BCUT2D eigenvalue weighted by atomic mass is 16.5. The van der Waals surface area contributed by atoms with Gasteiger partial charge in [0.05, 0.1) is 6.04 Å². The summed E-state index contributed by atoms with van der Waals surface area (Å²) in [6.45, 7) is 6.66. The molecule has 0 spiro atoms. The van der Waals surface area contributed by atoms with E-state index in [9.17, 15) is 24.0 Å². The molecule has 0 radical (unpaired) electrons. The molecule has 1 aliphatic heterocycles. The molecule has 1 fully saturated rings. The van der Waals surface area contributed by atoms with Gasteiger partial charge in [0.1, 0.15) is 29.1 Å². The summed E-state index contributed by atoms with van der Waals surface area (Å²) in [7, 11) is 0. The van der Waals surface area contributed by atoms with E-state index in [2.05, 4.69) is 15.6 Å². The molecule has 2 aromatic carbocycles. The van der Waals surface area contributed by atoms with E-state index in [4.69, 9.17) is 19.0 Å². The van der Waals surface area contributed by atoms with Crippen LogP contribution in [-0.4, -0.2) is 82.3 Å². The maximum atomic E-state index is 13.7. The normalized spacial score (nSPS) is 16.0. The van der Waals surface area contributed by atoms with Gasteiger partial charge < -0.3 is 34.5 Å². The molecule has 45 heavy (non-hydrogen) atoms. The van der Waals surface area contributed by atoms with Crippen LogP contribution in [0.1, 0.15) is 51.2 Å². The summed E-state index contributed by atoms with van der Waals surface area (Å²) in [6, 6.07) is 10.4. The summed E-state index contributed by atoms with van der Waals surface area (Å²) in [5.74, 6) is -2.94. The number of nitrogens with zero attached hydrogens (tertiary/aromatic N) is 2. The zero-order valence-electron chi connectivity index (χ0n) is 25.6. The number of fused-ring (bicyclic) bond motifs is 1. The maximum absolute atomic E-state index is 13.7. The number of aliphatic carboxylic acids is 1. The fraction of sp³-hybridized carbons (Fsp3) is 0.438. The van der Waals surface area contributed by atoms with Gasteiger partial charge in [-0.25, -0.2) is 9.78 Å². The summed E-state index contributed by atoms with van der Waals surface area (Å²) >= 11 is 0. The number of ketones is 1. The van der Waals surface area contributed by atoms with Crippen LogP contribution in [0.4, 0.5) is 0 Å². The Morgan fingerprint density at radius 3 is 2.13 bits per heavy atom. The topological polar surface area (TPSA) is 177 Å². The highest BCUT2D eigenvalue weighted by Crippen LogP contribution is 2.23.